The van der Waals surface area contributed by atoms with Crippen LogP contribution >= 0.6 is 0 Å². The Bertz CT molecular complexity index is 689. The summed E-state index contributed by atoms with van der Waals surface area (Å²) in [5.41, 5.74) is 2.94. The van der Waals surface area contributed by atoms with Crippen LogP contribution in [0.2, 0.25) is 0 Å². The molecule has 0 aliphatic rings. The fourth-order valence-electron chi connectivity index (χ4n) is 1.96. The largest absolute Gasteiger partial charge is 0.357 e. The Hall–Kier alpha value is -2.49. The summed E-state index contributed by atoms with van der Waals surface area (Å²) in [6.45, 7) is 0. The van der Waals surface area contributed by atoms with Gasteiger partial charge in [0.2, 0.25) is 5.95 Å². The maximum atomic E-state index is 4.46. The molecule has 3 rings (SSSR count). The summed E-state index contributed by atoms with van der Waals surface area (Å²) in [6.07, 6.45) is 3.55. The van der Waals surface area contributed by atoms with E-state index in [4.69, 9.17) is 0 Å². The number of hydrogen-bond acceptors (Lipinski definition) is 4. The first-order valence-electron chi connectivity index (χ1n) is 5.73. The summed E-state index contributed by atoms with van der Waals surface area (Å²) in [5.74, 6) is 0.619. The van der Waals surface area contributed by atoms with Gasteiger partial charge in [0.25, 0.3) is 0 Å². The van der Waals surface area contributed by atoms with Crippen LogP contribution in [0.4, 0.5) is 5.95 Å². The van der Waals surface area contributed by atoms with E-state index in [-0.39, 0.29) is 0 Å². The number of nitrogens with zero attached hydrogens (tertiary/aromatic N) is 3. The molecule has 1 aromatic carbocycles. The summed E-state index contributed by atoms with van der Waals surface area (Å²) in [4.78, 5) is 12.9. The summed E-state index contributed by atoms with van der Waals surface area (Å²) in [7, 11) is 1.81. The van der Waals surface area contributed by atoms with E-state index in [9.17, 15) is 0 Å². The number of pyridine rings is 1. The molecule has 0 bridgehead atoms. The van der Waals surface area contributed by atoms with Crippen LogP contribution in [-0.4, -0.2) is 22.0 Å². The Morgan fingerprint density at radius 2 is 1.89 bits per heavy atom. The predicted octanol–water partition coefficient (Wildman–Crippen LogP) is 2.73. The van der Waals surface area contributed by atoms with Gasteiger partial charge in [0.1, 0.15) is 0 Å². The molecule has 0 saturated carbocycles. The average molecular weight is 236 g/mol. The van der Waals surface area contributed by atoms with Crippen LogP contribution in [0.25, 0.3) is 22.2 Å². The molecule has 0 aliphatic carbocycles. The van der Waals surface area contributed by atoms with Gasteiger partial charge in [-0.05, 0) is 18.2 Å². The minimum absolute atomic E-state index is 0.619. The second-order valence-corrected chi connectivity index (χ2v) is 3.89. The first kappa shape index (κ1) is 10.7. The van der Waals surface area contributed by atoms with Crippen molar-refractivity contribution in [3.8, 4) is 11.3 Å². The Labute approximate surface area is 105 Å². The van der Waals surface area contributed by atoms with E-state index in [0.29, 0.717) is 5.95 Å². The van der Waals surface area contributed by atoms with Crippen molar-refractivity contribution >= 4 is 16.9 Å². The fourth-order valence-corrected chi connectivity index (χ4v) is 1.96. The van der Waals surface area contributed by atoms with Crippen LogP contribution in [0.15, 0.2) is 48.8 Å². The number of fused-ring (bicyclic) bond motifs is 1. The molecule has 3 aromatic rings. The van der Waals surface area contributed by atoms with Gasteiger partial charge in [-0.3, -0.25) is 4.98 Å². The van der Waals surface area contributed by atoms with Gasteiger partial charge in [-0.2, -0.15) is 0 Å². The molecular weight excluding hydrogens is 224 g/mol. The SMILES string of the molecule is CNc1nccc(-c2cccc3ncccc23)n1. The lowest BCUT2D eigenvalue weighted by Crippen LogP contribution is -1.97. The van der Waals surface area contributed by atoms with Crippen molar-refractivity contribution in [2.75, 3.05) is 12.4 Å². The van der Waals surface area contributed by atoms with Crippen LogP contribution in [0.1, 0.15) is 0 Å². The molecule has 0 aliphatic heterocycles. The predicted molar refractivity (Wildman–Crippen MR) is 72.3 cm³/mol. The molecule has 4 nitrogen and oxygen atoms in total. The van der Waals surface area contributed by atoms with Crippen molar-refractivity contribution in [1.82, 2.24) is 15.0 Å². The number of anilines is 1. The van der Waals surface area contributed by atoms with Crippen LogP contribution in [0.3, 0.4) is 0 Å². The third-order valence-corrected chi connectivity index (χ3v) is 2.80. The average Bonchev–Trinajstić information content (AvgIpc) is 2.47. The minimum Gasteiger partial charge on any atom is -0.357 e. The highest BCUT2D eigenvalue weighted by Gasteiger charge is 2.05. The molecule has 0 amide bonds. The normalized spacial score (nSPS) is 10.5. The zero-order valence-corrected chi connectivity index (χ0v) is 9.96. The van der Waals surface area contributed by atoms with E-state index in [1.165, 1.54) is 0 Å². The van der Waals surface area contributed by atoms with Crippen LogP contribution in [-0.2, 0) is 0 Å². The van der Waals surface area contributed by atoms with Crippen molar-refractivity contribution in [3.05, 3.63) is 48.8 Å². The second-order valence-electron chi connectivity index (χ2n) is 3.89. The highest BCUT2D eigenvalue weighted by molar-refractivity contribution is 5.93. The van der Waals surface area contributed by atoms with Crippen molar-refractivity contribution in [2.45, 2.75) is 0 Å². The molecule has 2 heterocycles. The van der Waals surface area contributed by atoms with Gasteiger partial charge in [-0.25, -0.2) is 9.97 Å². The summed E-state index contributed by atoms with van der Waals surface area (Å²) < 4.78 is 0. The highest BCUT2D eigenvalue weighted by Crippen LogP contribution is 2.26. The minimum atomic E-state index is 0.619. The van der Waals surface area contributed by atoms with E-state index in [0.717, 1.165) is 22.2 Å². The smallest absolute Gasteiger partial charge is 0.222 e. The highest BCUT2D eigenvalue weighted by atomic mass is 15.1. The lowest BCUT2D eigenvalue weighted by Gasteiger charge is -2.06. The quantitative estimate of drug-likeness (QED) is 0.743. The molecule has 2 aromatic heterocycles. The van der Waals surface area contributed by atoms with E-state index < -0.39 is 0 Å². The summed E-state index contributed by atoms with van der Waals surface area (Å²) in [5, 5.41) is 4.05. The van der Waals surface area contributed by atoms with Gasteiger partial charge in [0.15, 0.2) is 0 Å². The van der Waals surface area contributed by atoms with Gasteiger partial charge in [0.05, 0.1) is 11.2 Å². The van der Waals surface area contributed by atoms with Gasteiger partial charge in [-0.1, -0.05) is 18.2 Å². The maximum absolute atomic E-state index is 4.46. The van der Waals surface area contributed by atoms with Crippen LogP contribution < -0.4 is 5.32 Å². The third-order valence-electron chi connectivity index (χ3n) is 2.80. The van der Waals surface area contributed by atoms with Crippen LogP contribution in [0, 0.1) is 0 Å². The molecule has 1 N–H and O–H groups in total. The Kier molecular flexibility index (Phi) is 2.61. The monoisotopic (exact) mass is 236 g/mol. The first-order valence-corrected chi connectivity index (χ1v) is 5.73. The summed E-state index contributed by atoms with van der Waals surface area (Å²) >= 11 is 0. The molecule has 0 saturated heterocycles. The fraction of sp³-hybridized carbons (Fsp3) is 0.0714. The molecule has 0 atom stereocenters. The zero-order chi connectivity index (χ0) is 12.4. The number of rotatable bonds is 2. The second kappa shape index (κ2) is 4.41. The number of aromatic nitrogens is 3. The van der Waals surface area contributed by atoms with Crippen molar-refractivity contribution in [3.63, 3.8) is 0 Å². The molecule has 0 radical (unpaired) electrons. The topological polar surface area (TPSA) is 50.7 Å². The first-order chi connectivity index (χ1) is 8.88. The van der Waals surface area contributed by atoms with Crippen LogP contribution in [0.5, 0.6) is 0 Å². The van der Waals surface area contributed by atoms with E-state index in [1.54, 1.807) is 12.4 Å². The zero-order valence-electron chi connectivity index (χ0n) is 9.96. The Morgan fingerprint density at radius 1 is 0.944 bits per heavy atom. The standard InChI is InChI=1S/C14H12N4/c1-15-14-17-9-7-13(18-14)11-4-2-6-12-10(11)5-3-8-16-12/h2-9H,1H3,(H,15,17,18). The van der Waals surface area contributed by atoms with E-state index in [1.807, 2.05) is 37.4 Å². The Balaban J connectivity index is 2.24. The van der Waals surface area contributed by atoms with Gasteiger partial charge in [0, 0.05) is 30.4 Å². The van der Waals surface area contributed by atoms with E-state index >= 15 is 0 Å². The number of nitrogens with one attached hydrogen (secondary N) is 1. The maximum Gasteiger partial charge on any atom is 0.222 e. The molecule has 0 unspecified atom stereocenters. The van der Waals surface area contributed by atoms with Crippen molar-refractivity contribution in [2.24, 2.45) is 0 Å². The van der Waals surface area contributed by atoms with Gasteiger partial charge in [-0.15, -0.1) is 0 Å². The molecule has 88 valence electrons. The molecule has 0 spiro atoms. The summed E-state index contributed by atoms with van der Waals surface area (Å²) in [6, 6.07) is 11.9. The van der Waals surface area contributed by atoms with Crippen molar-refractivity contribution < 1.29 is 0 Å². The van der Waals surface area contributed by atoms with E-state index in [2.05, 4.69) is 26.3 Å². The molecule has 4 heteroatoms. The lowest BCUT2D eigenvalue weighted by atomic mass is 10.1. The van der Waals surface area contributed by atoms with Gasteiger partial charge >= 0.3 is 0 Å². The third kappa shape index (κ3) is 1.78. The number of hydrogen-bond donors (Lipinski definition) is 1. The Morgan fingerprint density at radius 3 is 2.78 bits per heavy atom. The lowest BCUT2D eigenvalue weighted by molar-refractivity contribution is 1.16. The number of benzene rings is 1. The molecule has 0 fully saturated rings. The van der Waals surface area contributed by atoms with Gasteiger partial charge < -0.3 is 5.32 Å². The molecular formula is C14H12N4. The van der Waals surface area contributed by atoms with Crippen molar-refractivity contribution in [1.29, 1.82) is 0 Å². The molecule has 18 heavy (non-hydrogen) atoms.